The highest BCUT2D eigenvalue weighted by atomic mass is 14.5. The van der Waals surface area contributed by atoms with E-state index in [-0.39, 0.29) is 0 Å². The van der Waals surface area contributed by atoms with E-state index < -0.39 is 0 Å². The smallest absolute Gasteiger partial charge is 0.0297 e. The van der Waals surface area contributed by atoms with Crippen LogP contribution in [0.25, 0.3) is 0 Å². The average molecular weight is 182 g/mol. The lowest BCUT2D eigenvalue weighted by molar-refractivity contribution is 0.0111. The van der Waals surface area contributed by atoms with Crippen LogP contribution in [0.15, 0.2) is 0 Å². The third kappa shape index (κ3) is 2.08. The fraction of sp³-hybridized carbons (Fsp3) is 1.00. The van der Waals surface area contributed by atoms with Crippen LogP contribution in [0.4, 0.5) is 0 Å². The van der Waals surface area contributed by atoms with E-state index in [1.54, 1.807) is 0 Å². The highest BCUT2D eigenvalue weighted by Gasteiger charge is 2.42. The molecule has 0 heterocycles. The van der Waals surface area contributed by atoms with Crippen molar-refractivity contribution in [1.82, 2.24) is 0 Å². The Morgan fingerprint density at radius 1 is 1.08 bits per heavy atom. The summed E-state index contributed by atoms with van der Waals surface area (Å²) in [5.41, 5.74) is 1.13. The maximum Gasteiger partial charge on any atom is -0.0297 e. The molecule has 1 rings (SSSR count). The Labute approximate surface area is 84.1 Å². The zero-order valence-corrected chi connectivity index (χ0v) is 10.3. The molecular formula is C13H26. The summed E-state index contributed by atoms with van der Waals surface area (Å²) in [6.45, 7) is 14.5. The molecule has 78 valence electrons. The highest BCUT2D eigenvalue weighted by molar-refractivity contribution is 4.92. The van der Waals surface area contributed by atoms with Crippen molar-refractivity contribution in [2.24, 2.45) is 22.7 Å². The summed E-state index contributed by atoms with van der Waals surface area (Å²) in [5.74, 6) is 1.71. The minimum Gasteiger partial charge on any atom is -0.0617 e. The fourth-order valence-corrected chi connectivity index (χ4v) is 2.54. The summed E-state index contributed by atoms with van der Waals surface area (Å²) < 4.78 is 0. The molecule has 0 aromatic rings. The molecule has 2 unspecified atom stereocenters. The molecule has 0 aromatic carbocycles. The molecule has 1 aliphatic carbocycles. The predicted octanol–water partition coefficient (Wildman–Crippen LogP) is 4.49. The van der Waals surface area contributed by atoms with Crippen LogP contribution >= 0.6 is 0 Å². The van der Waals surface area contributed by atoms with Gasteiger partial charge in [0.25, 0.3) is 0 Å². The van der Waals surface area contributed by atoms with Crippen molar-refractivity contribution in [3.63, 3.8) is 0 Å². The number of rotatable bonds is 2. The van der Waals surface area contributed by atoms with Crippen molar-refractivity contribution in [2.75, 3.05) is 0 Å². The average Bonchev–Trinajstić information content (AvgIpc) is 1.95. The zero-order chi connectivity index (χ0) is 10.3. The van der Waals surface area contributed by atoms with Gasteiger partial charge in [-0.3, -0.25) is 0 Å². The van der Waals surface area contributed by atoms with Crippen LogP contribution in [0.2, 0.25) is 0 Å². The fourth-order valence-electron chi connectivity index (χ4n) is 2.54. The topological polar surface area (TPSA) is 0 Å². The van der Waals surface area contributed by atoms with Crippen LogP contribution in [-0.2, 0) is 0 Å². The molecule has 0 amide bonds. The molecule has 0 aliphatic heterocycles. The molecule has 1 aliphatic rings. The minimum atomic E-state index is 0.470. The van der Waals surface area contributed by atoms with Crippen molar-refractivity contribution in [3.05, 3.63) is 0 Å². The molecule has 0 nitrogen and oxygen atoms in total. The lowest BCUT2D eigenvalue weighted by atomic mass is 9.56. The van der Waals surface area contributed by atoms with E-state index in [9.17, 15) is 0 Å². The molecule has 0 spiro atoms. The Morgan fingerprint density at radius 2 is 1.54 bits per heavy atom. The van der Waals surface area contributed by atoms with Crippen molar-refractivity contribution in [1.29, 1.82) is 0 Å². The van der Waals surface area contributed by atoms with Crippen molar-refractivity contribution >= 4 is 0 Å². The van der Waals surface area contributed by atoms with Gasteiger partial charge >= 0.3 is 0 Å². The summed E-state index contributed by atoms with van der Waals surface area (Å²) in [4.78, 5) is 0. The largest absolute Gasteiger partial charge is 0.0617 e. The van der Waals surface area contributed by atoms with Gasteiger partial charge in [-0.15, -0.1) is 0 Å². The summed E-state index contributed by atoms with van der Waals surface area (Å²) >= 11 is 0. The van der Waals surface area contributed by atoms with Crippen molar-refractivity contribution in [3.8, 4) is 0 Å². The Bertz CT molecular complexity index is 169. The standard InChI is InChI=1S/C13H26/c1-10(12(3,4)5)11(2)13(6)8-7-9-13/h10-11H,7-9H2,1-6H3. The van der Waals surface area contributed by atoms with Gasteiger partial charge in [0, 0.05) is 0 Å². The first-order chi connectivity index (χ1) is 5.77. The first kappa shape index (κ1) is 11.1. The van der Waals surface area contributed by atoms with Gasteiger partial charge in [0.15, 0.2) is 0 Å². The summed E-state index contributed by atoms with van der Waals surface area (Å²) in [7, 11) is 0. The molecule has 0 saturated heterocycles. The van der Waals surface area contributed by atoms with Gasteiger partial charge in [-0.25, -0.2) is 0 Å². The monoisotopic (exact) mass is 182 g/mol. The summed E-state index contributed by atoms with van der Waals surface area (Å²) in [5, 5.41) is 0. The van der Waals surface area contributed by atoms with E-state index in [4.69, 9.17) is 0 Å². The number of hydrogen-bond donors (Lipinski definition) is 0. The van der Waals surface area contributed by atoms with Gasteiger partial charge in [-0.05, 0) is 35.5 Å². The Balaban J connectivity index is 2.61. The second-order valence-corrected chi connectivity index (χ2v) is 6.45. The third-order valence-corrected chi connectivity index (χ3v) is 4.71. The van der Waals surface area contributed by atoms with Crippen LogP contribution < -0.4 is 0 Å². The van der Waals surface area contributed by atoms with E-state index in [0.29, 0.717) is 10.8 Å². The van der Waals surface area contributed by atoms with Gasteiger partial charge in [0.2, 0.25) is 0 Å². The Kier molecular flexibility index (Phi) is 2.81. The minimum absolute atomic E-state index is 0.470. The van der Waals surface area contributed by atoms with E-state index >= 15 is 0 Å². The van der Waals surface area contributed by atoms with Crippen LogP contribution in [0.5, 0.6) is 0 Å². The van der Waals surface area contributed by atoms with Gasteiger partial charge in [0.05, 0.1) is 0 Å². The molecular weight excluding hydrogens is 156 g/mol. The lowest BCUT2D eigenvalue weighted by Gasteiger charge is -2.49. The van der Waals surface area contributed by atoms with Gasteiger partial charge in [-0.2, -0.15) is 0 Å². The maximum absolute atomic E-state index is 2.48. The predicted molar refractivity (Wildman–Crippen MR) is 59.7 cm³/mol. The first-order valence-electron chi connectivity index (χ1n) is 5.77. The van der Waals surface area contributed by atoms with Crippen LogP contribution in [0, 0.1) is 22.7 Å². The SMILES string of the molecule is CC(C(C)C1(C)CCC1)C(C)(C)C. The molecule has 0 N–H and O–H groups in total. The van der Waals surface area contributed by atoms with Crippen LogP contribution in [-0.4, -0.2) is 0 Å². The van der Waals surface area contributed by atoms with Crippen LogP contribution in [0.1, 0.15) is 60.8 Å². The molecule has 2 atom stereocenters. The van der Waals surface area contributed by atoms with E-state index in [1.807, 2.05) is 0 Å². The zero-order valence-electron chi connectivity index (χ0n) is 10.3. The number of hydrogen-bond acceptors (Lipinski definition) is 0. The molecule has 0 heteroatoms. The first-order valence-corrected chi connectivity index (χ1v) is 5.77. The summed E-state index contributed by atoms with van der Waals surface area (Å²) in [6, 6.07) is 0. The second-order valence-electron chi connectivity index (χ2n) is 6.45. The third-order valence-electron chi connectivity index (χ3n) is 4.71. The lowest BCUT2D eigenvalue weighted by Crippen LogP contribution is -2.40. The molecule has 1 fully saturated rings. The molecule has 13 heavy (non-hydrogen) atoms. The molecule has 1 saturated carbocycles. The second kappa shape index (κ2) is 3.29. The Morgan fingerprint density at radius 3 is 1.77 bits per heavy atom. The van der Waals surface area contributed by atoms with Gasteiger partial charge < -0.3 is 0 Å². The molecule has 0 radical (unpaired) electrons. The summed E-state index contributed by atoms with van der Waals surface area (Å²) in [6.07, 6.45) is 4.36. The van der Waals surface area contributed by atoms with Crippen LogP contribution in [0.3, 0.4) is 0 Å². The van der Waals surface area contributed by atoms with E-state index in [0.717, 1.165) is 11.8 Å². The van der Waals surface area contributed by atoms with E-state index in [2.05, 4.69) is 41.5 Å². The van der Waals surface area contributed by atoms with Crippen molar-refractivity contribution < 1.29 is 0 Å². The van der Waals surface area contributed by atoms with Gasteiger partial charge in [0.1, 0.15) is 0 Å². The quantitative estimate of drug-likeness (QED) is 0.590. The highest BCUT2D eigenvalue weighted by Crippen LogP contribution is 2.52. The maximum atomic E-state index is 2.48. The normalized spacial score (nSPS) is 26.3. The van der Waals surface area contributed by atoms with E-state index in [1.165, 1.54) is 19.3 Å². The molecule has 0 bridgehead atoms. The van der Waals surface area contributed by atoms with Crippen molar-refractivity contribution in [2.45, 2.75) is 60.8 Å². The van der Waals surface area contributed by atoms with Gasteiger partial charge in [-0.1, -0.05) is 48.0 Å². The molecule has 0 aromatic heterocycles. The Hall–Kier alpha value is 0.